The quantitative estimate of drug-likeness (QED) is 0.843. The lowest BCUT2D eigenvalue weighted by Gasteiger charge is -2.17. The Morgan fingerprint density at radius 3 is 3.19 bits per heavy atom. The fourth-order valence-corrected chi connectivity index (χ4v) is 1.88. The van der Waals surface area contributed by atoms with Crippen LogP contribution in [0.25, 0.3) is 0 Å². The Hall–Kier alpha value is -1.29. The van der Waals surface area contributed by atoms with E-state index in [2.05, 4.69) is 10.3 Å². The van der Waals surface area contributed by atoms with Crippen molar-refractivity contribution in [2.75, 3.05) is 20.2 Å². The monoisotopic (exact) mass is 222 g/mol. The molecule has 1 aromatic heterocycles. The highest BCUT2D eigenvalue weighted by Gasteiger charge is 2.15. The zero-order valence-electron chi connectivity index (χ0n) is 9.61. The number of hydrogen-bond donors (Lipinski definition) is 1. The molecule has 2 rings (SSSR count). The van der Waals surface area contributed by atoms with E-state index in [-0.39, 0.29) is 6.10 Å². The van der Waals surface area contributed by atoms with Gasteiger partial charge in [-0.1, -0.05) is 0 Å². The second-order valence-corrected chi connectivity index (χ2v) is 3.93. The molecule has 0 bridgehead atoms. The molecule has 0 spiro atoms. The van der Waals surface area contributed by atoms with Gasteiger partial charge in [0.25, 0.3) is 5.88 Å². The van der Waals surface area contributed by atoms with Crippen molar-refractivity contribution >= 4 is 0 Å². The lowest BCUT2D eigenvalue weighted by Crippen LogP contribution is -2.20. The Labute approximate surface area is 96.0 Å². The minimum Gasteiger partial charge on any atom is -0.491 e. The van der Waals surface area contributed by atoms with Crippen LogP contribution >= 0.6 is 0 Å². The SMILES string of the molecule is COc1cccnc1OC1CCCNCC1. The number of ether oxygens (including phenoxy) is 2. The van der Waals surface area contributed by atoms with Crippen LogP contribution in [0.15, 0.2) is 18.3 Å². The molecule has 4 heteroatoms. The van der Waals surface area contributed by atoms with Gasteiger partial charge in [0.05, 0.1) is 7.11 Å². The minimum atomic E-state index is 0.249. The Bertz CT molecular complexity index is 323. The first-order valence-electron chi connectivity index (χ1n) is 5.76. The summed E-state index contributed by atoms with van der Waals surface area (Å²) in [5.74, 6) is 1.32. The predicted molar refractivity (Wildman–Crippen MR) is 61.9 cm³/mol. The van der Waals surface area contributed by atoms with Crippen molar-refractivity contribution < 1.29 is 9.47 Å². The molecule has 1 fully saturated rings. The number of methoxy groups -OCH3 is 1. The molecule has 0 radical (unpaired) electrons. The molecule has 1 atom stereocenters. The van der Waals surface area contributed by atoms with Crippen LogP contribution in [0.4, 0.5) is 0 Å². The Morgan fingerprint density at radius 2 is 2.31 bits per heavy atom. The van der Waals surface area contributed by atoms with Crippen molar-refractivity contribution in [3.8, 4) is 11.6 Å². The lowest BCUT2D eigenvalue weighted by atomic mass is 10.1. The topological polar surface area (TPSA) is 43.4 Å². The molecular weight excluding hydrogens is 204 g/mol. The van der Waals surface area contributed by atoms with Gasteiger partial charge in [0, 0.05) is 6.20 Å². The standard InChI is InChI=1S/C12H18N2O2/c1-15-11-5-3-8-14-12(11)16-10-4-2-7-13-9-6-10/h3,5,8,10,13H,2,4,6-7,9H2,1H3. The summed E-state index contributed by atoms with van der Waals surface area (Å²) in [6.45, 7) is 2.10. The molecule has 0 saturated carbocycles. The van der Waals surface area contributed by atoms with Crippen molar-refractivity contribution in [2.45, 2.75) is 25.4 Å². The summed E-state index contributed by atoms with van der Waals surface area (Å²) in [5.41, 5.74) is 0. The van der Waals surface area contributed by atoms with Crippen LogP contribution < -0.4 is 14.8 Å². The van der Waals surface area contributed by atoms with E-state index in [1.807, 2.05) is 12.1 Å². The molecule has 2 heterocycles. The first kappa shape index (κ1) is 11.2. The number of nitrogens with zero attached hydrogens (tertiary/aromatic N) is 1. The minimum absolute atomic E-state index is 0.249. The maximum atomic E-state index is 5.88. The Morgan fingerprint density at radius 1 is 1.38 bits per heavy atom. The van der Waals surface area contributed by atoms with E-state index >= 15 is 0 Å². The Kier molecular flexibility index (Phi) is 3.99. The normalized spacial score (nSPS) is 21.2. The van der Waals surface area contributed by atoms with Gasteiger partial charge in [0.1, 0.15) is 6.10 Å². The van der Waals surface area contributed by atoms with Crippen LogP contribution in [0.1, 0.15) is 19.3 Å². The maximum absolute atomic E-state index is 5.88. The van der Waals surface area contributed by atoms with Gasteiger partial charge in [0.2, 0.25) is 0 Å². The molecule has 1 aromatic rings. The van der Waals surface area contributed by atoms with Gasteiger partial charge >= 0.3 is 0 Å². The average Bonchev–Trinajstić information content (AvgIpc) is 2.58. The average molecular weight is 222 g/mol. The van der Waals surface area contributed by atoms with Crippen LogP contribution in [0.2, 0.25) is 0 Å². The van der Waals surface area contributed by atoms with Gasteiger partial charge in [-0.3, -0.25) is 0 Å². The van der Waals surface area contributed by atoms with E-state index in [4.69, 9.17) is 9.47 Å². The van der Waals surface area contributed by atoms with Gasteiger partial charge in [-0.25, -0.2) is 4.98 Å². The van der Waals surface area contributed by atoms with Crippen molar-refractivity contribution in [1.29, 1.82) is 0 Å². The van der Waals surface area contributed by atoms with E-state index in [1.54, 1.807) is 13.3 Å². The van der Waals surface area contributed by atoms with Crippen molar-refractivity contribution in [1.82, 2.24) is 10.3 Å². The Balaban J connectivity index is 2.01. The molecule has 1 unspecified atom stereocenters. The molecule has 1 aliphatic heterocycles. The van der Waals surface area contributed by atoms with E-state index in [9.17, 15) is 0 Å². The summed E-state index contributed by atoms with van der Waals surface area (Å²) in [6, 6.07) is 3.72. The third-order valence-electron chi connectivity index (χ3n) is 2.76. The number of rotatable bonds is 3. The molecule has 0 aliphatic carbocycles. The molecular formula is C12H18N2O2. The second-order valence-electron chi connectivity index (χ2n) is 3.93. The highest BCUT2D eigenvalue weighted by Crippen LogP contribution is 2.25. The largest absolute Gasteiger partial charge is 0.491 e. The molecule has 88 valence electrons. The summed E-state index contributed by atoms with van der Waals surface area (Å²) in [5, 5.41) is 3.36. The fraction of sp³-hybridized carbons (Fsp3) is 0.583. The zero-order valence-corrected chi connectivity index (χ0v) is 9.61. The highest BCUT2D eigenvalue weighted by atomic mass is 16.5. The molecule has 1 saturated heterocycles. The molecule has 1 N–H and O–H groups in total. The van der Waals surface area contributed by atoms with Crippen LogP contribution in [0.3, 0.4) is 0 Å². The molecule has 16 heavy (non-hydrogen) atoms. The summed E-state index contributed by atoms with van der Waals surface area (Å²) >= 11 is 0. The van der Waals surface area contributed by atoms with Crippen LogP contribution in [0.5, 0.6) is 11.6 Å². The maximum Gasteiger partial charge on any atom is 0.257 e. The number of nitrogens with one attached hydrogen (secondary N) is 1. The van der Waals surface area contributed by atoms with Gasteiger partial charge in [0.15, 0.2) is 5.75 Å². The number of aromatic nitrogens is 1. The molecule has 0 aromatic carbocycles. The van der Waals surface area contributed by atoms with Gasteiger partial charge in [-0.2, -0.15) is 0 Å². The first-order valence-corrected chi connectivity index (χ1v) is 5.76. The zero-order chi connectivity index (χ0) is 11.2. The van der Waals surface area contributed by atoms with Crippen molar-refractivity contribution in [3.05, 3.63) is 18.3 Å². The third-order valence-corrected chi connectivity index (χ3v) is 2.76. The fourth-order valence-electron chi connectivity index (χ4n) is 1.88. The highest BCUT2D eigenvalue weighted by molar-refractivity contribution is 5.32. The van der Waals surface area contributed by atoms with Crippen LogP contribution in [-0.2, 0) is 0 Å². The third kappa shape index (κ3) is 2.85. The summed E-state index contributed by atoms with van der Waals surface area (Å²) in [4.78, 5) is 4.21. The van der Waals surface area contributed by atoms with Crippen LogP contribution in [0, 0.1) is 0 Å². The molecule has 4 nitrogen and oxygen atoms in total. The summed E-state index contributed by atoms with van der Waals surface area (Å²) in [7, 11) is 1.64. The van der Waals surface area contributed by atoms with Crippen LogP contribution in [-0.4, -0.2) is 31.3 Å². The first-order chi connectivity index (χ1) is 7.90. The number of hydrogen-bond acceptors (Lipinski definition) is 4. The van der Waals surface area contributed by atoms with Crippen molar-refractivity contribution in [2.24, 2.45) is 0 Å². The van der Waals surface area contributed by atoms with E-state index in [1.165, 1.54) is 0 Å². The van der Waals surface area contributed by atoms with E-state index < -0.39 is 0 Å². The van der Waals surface area contributed by atoms with Gasteiger partial charge < -0.3 is 14.8 Å². The molecule has 1 aliphatic rings. The van der Waals surface area contributed by atoms with Crippen molar-refractivity contribution in [3.63, 3.8) is 0 Å². The number of pyridine rings is 1. The lowest BCUT2D eigenvalue weighted by molar-refractivity contribution is 0.172. The summed E-state index contributed by atoms with van der Waals surface area (Å²) in [6.07, 6.45) is 5.23. The molecule has 0 amide bonds. The summed E-state index contributed by atoms with van der Waals surface area (Å²) < 4.78 is 11.1. The second kappa shape index (κ2) is 5.70. The van der Waals surface area contributed by atoms with E-state index in [0.29, 0.717) is 11.6 Å². The van der Waals surface area contributed by atoms with Gasteiger partial charge in [-0.15, -0.1) is 0 Å². The van der Waals surface area contributed by atoms with Gasteiger partial charge in [-0.05, 0) is 44.5 Å². The predicted octanol–water partition coefficient (Wildman–Crippen LogP) is 1.61. The van der Waals surface area contributed by atoms with E-state index in [0.717, 1.165) is 32.4 Å². The smallest absolute Gasteiger partial charge is 0.257 e.